The second-order valence-electron chi connectivity index (χ2n) is 4.84. The lowest BCUT2D eigenvalue weighted by Gasteiger charge is -2.08. The molecule has 0 atom stereocenters. The van der Waals surface area contributed by atoms with Crippen molar-refractivity contribution in [3.63, 3.8) is 0 Å². The minimum atomic E-state index is -0.808. The number of nitrogens with zero attached hydrogens (tertiary/aromatic N) is 1. The van der Waals surface area contributed by atoms with Crippen LogP contribution in [0.25, 0.3) is 0 Å². The van der Waals surface area contributed by atoms with Gasteiger partial charge in [-0.05, 0) is 42.8 Å². The average Bonchev–Trinajstić information content (AvgIpc) is 2.51. The largest absolute Gasteiger partial charge is 0.326 e. The molecule has 118 valence electrons. The Balaban J connectivity index is 1.97. The van der Waals surface area contributed by atoms with Crippen LogP contribution in [0.3, 0.4) is 0 Å². The zero-order chi connectivity index (χ0) is 16.8. The number of hydrogen-bond acceptors (Lipinski definition) is 4. The Labute approximate surface area is 133 Å². The van der Waals surface area contributed by atoms with Gasteiger partial charge in [0.2, 0.25) is 5.91 Å². The van der Waals surface area contributed by atoms with Crippen LogP contribution in [0.15, 0.2) is 42.6 Å². The normalized spacial score (nSPS) is 9.83. The van der Waals surface area contributed by atoms with Gasteiger partial charge in [0, 0.05) is 24.5 Å². The summed E-state index contributed by atoms with van der Waals surface area (Å²) in [6, 6.07) is 9.93. The molecule has 0 aliphatic rings. The molecule has 0 saturated carbocycles. The molecular weight excluding hydrogens is 296 g/mol. The maximum atomic E-state index is 11.9. The molecule has 0 radical (unpaired) electrons. The molecule has 7 heteroatoms. The third-order valence-corrected chi connectivity index (χ3v) is 2.91. The van der Waals surface area contributed by atoms with E-state index in [9.17, 15) is 14.4 Å². The molecule has 2 aromatic rings. The van der Waals surface area contributed by atoms with Crippen LogP contribution in [-0.2, 0) is 14.4 Å². The van der Waals surface area contributed by atoms with Gasteiger partial charge in [0.25, 0.3) is 0 Å². The van der Waals surface area contributed by atoms with E-state index in [4.69, 9.17) is 0 Å². The van der Waals surface area contributed by atoms with Gasteiger partial charge < -0.3 is 16.0 Å². The van der Waals surface area contributed by atoms with Crippen molar-refractivity contribution in [1.29, 1.82) is 0 Å². The van der Waals surface area contributed by atoms with Crippen molar-refractivity contribution >= 4 is 34.9 Å². The summed E-state index contributed by atoms with van der Waals surface area (Å²) in [5.74, 6) is -1.46. The van der Waals surface area contributed by atoms with Crippen LogP contribution in [0.2, 0.25) is 0 Å². The minimum absolute atomic E-state index is 0.188. The number of pyridine rings is 1. The molecule has 0 fully saturated rings. The monoisotopic (exact) mass is 312 g/mol. The quantitative estimate of drug-likeness (QED) is 0.754. The van der Waals surface area contributed by atoms with E-state index in [-0.39, 0.29) is 5.91 Å². The number of aromatic nitrogens is 1. The second-order valence-corrected chi connectivity index (χ2v) is 4.84. The molecule has 3 N–H and O–H groups in total. The molecule has 0 saturated heterocycles. The van der Waals surface area contributed by atoms with Gasteiger partial charge >= 0.3 is 11.8 Å². The fourth-order valence-corrected chi connectivity index (χ4v) is 1.81. The highest BCUT2D eigenvalue weighted by Gasteiger charge is 2.15. The van der Waals surface area contributed by atoms with Gasteiger partial charge in [0.15, 0.2) is 0 Å². The first-order chi connectivity index (χ1) is 11.0. The van der Waals surface area contributed by atoms with Gasteiger partial charge in [-0.25, -0.2) is 4.98 Å². The lowest BCUT2D eigenvalue weighted by Crippen LogP contribution is -2.29. The van der Waals surface area contributed by atoms with Crippen LogP contribution < -0.4 is 16.0 Å². The molecule has 1 heterocycles. The number of amides is 3. The predicted molar refractivity (Wildman–Crippen MR) is 87.0 cm³/mol. The van der Waals surface area contributed by atoms with E-state index in [1.165, 1.54) is 13.1 Å². The van der Waals surface area contributed by atoms with Crippen molar-refractivity contribution < 1.29 is 14.4 Å². The van der Waals surface area contributed by atoms with Crippen LogP contribution in [-0.4, -0.2) is 22.7 Å². The fraction of sp³-hybridized carbons (Fsp3) is 0.125. The van der Waals surface area contributed by atoms with E-state index < -0.39 is 11.8 Å². The predicted octanol–water partition coefficient (Wildman–Crippen LogP) is 1.93. The van der Waals surface area contributed by atoms with Crippen molar-refractivity contribution in [3.05, 3.63) is 48.2 Å². The molecule has 2 rings (SSSR count). The SMILES string of the molecule is CC(=O)Nc1ccc(NC(=O)C(=O)Nc2ncccc2C)cc1. The first kappa shape index (κ1) is 16.2. The van der Waals surface area contributed by atoms with Gasteiger partial charge in [-0.15, -0.1) is 0 Å². The van der Waals surface area contributed by atoms with Crippen molar-refractivity contribution in [3.8, 4) is 0 Å². The highest BCUT2D eigenvalue weighted by atomic mass is 16.2. The van der Waals surface area contributed by atoms with Gasteiger partial charge in [-0.1, -0.05) is 6.07 Å². The van der Waals surface area contributed by atoms with Gasteiger partial charge in [-0.2, -0.15) is 0 Å². The number of carbonyl (C=O) groups is 3. The van der Waals surface area contributed by atoms with Crippen LogP contribution >= 0.6 is 0 Å². The minimum Gasteiger partial charge on any atom is -0.326 e. The number of rotatable bonds is 3. The maximum absolute atomic E-state index is 11.9. The van der Waals surface area contributed by atoms with Crippen LogP contribution in [0.1, 0.15) is 12.5 Å². The van der Waals surface area contributed by atoms with E-state index >= 15 is 0 Å². The number of carbonyl (C=O) groups excluding carboxylic acids is 3. The third-order valence-electron chi connectivity index (χ3n) is 2.91. The van der Waals surface area contributed by atoms with Gasteiger partial charge in [0.05, 0.1) is 0 Å². The highest BCUT2D eigenvalue weighted by Crippen LogP contribution is 2.14. The van der Waals surface area contributed by atoms with Crippen molar-refractivity contribution in [2.45, 2.75) is 13.8 Å². The van der Waals surface area contributed by atoms with Crippen molar-refractivity contribution in [2.24, 2.45) is 0 Å². The lowest BCUT2D eigenvalue weighted by molar-refractivity contribution is -0.133. The Bertz CT molecular complexity index is 741. The molecule has 3 amide bonds. The number of nitrogens with one attached hydrogen (secondary N) is 3. The fourth-order valence-electron chi connectivity index (χ4n) is 1.81. The molecule has 0 bridgehead atoms. The molecule has 0 spiro atoms. The first-order valence-corrected chi connectivity index (χ1v) is 6.87. The Hall–Kier alpha value is -3.22. The van der Waals surface area contributed by atoms with Gasteiger partial charge in [-0.3, -0.25) is 14.4 Å². The van der Waals surface area contributed by atoms with Crippen molar-refractivity contribution in [1.82, 2.24) is 4.98 Å². The van der Waals surface area contributed by atoms with Crippen LogP contribution in [0.4, 0.5) is 17.2 Å². The van der Waals surface area contributed by atoms with Crippen molar-refractivity contribution in [2.75, 3.05) is 16.0 Å². The molecule has 0 aliphatic heterocycles. The molecule has 23 heavy (non-hydrogen) atoms. The Kier molecular flexibility index (Phi) is 5.03. The first-order valence-electron chi connectivity index (χ1n) is 6.87. The summed E-state index contributed by atoms with van der Waals surface area (Å²) in [4.78, 5) is 38.7. The Morgan fingerprint density at radius 1 is 0.870 bits per heavy atom. The molecule has 1 aromatic carbocycles. The number of anilines is 3. The zero-order valence-corrected chi connectivity index (χ0v) is 12.7. The molecular formula is C16H16N4O3. The number of aryl methyl sites for hydroxylation is 1. The molecule has 0 unspecified atom stereocenters. The summed E-state index contributed by atoms with van der Waals surface area (Å²) in [6.45, 7) is 3.18. The Morgan fingerprint density at radius 2 is 1.43 bits per heavy atom. The summed E-state index contributed by atoms with van der Waals surface area (Å²) in [7, 11) is 0. The number of hydrogen-bond donors (Lipinski definition) is 3. The van der Waals surface area contributed by atoms with E-state index in [1.54, 1.807) is 43.3 Å². The summed E-state index contributed by atoms with van der Waals surface area (Å²) in [6.07, 6.45) is 1.53. The van der Waals surface area contributed by atoms with E-state index in [1.807, 2.05) is 0 Å². The van der Waals surface area contributed by atoms with Gasteiger partial charge in [0.1, 0.15) is 5.82 Å². The molecule has 1 aromatic heterocycles. The summed E-state index contributed by atoms with van der Waals surface area (Å²) < 4.78 is 0. The lowest BCUT2D eigenvalue weighted by atomic mass is 10.2. The number of benzene rings is 1. The topological polar surface area (TPSA) is 100 Å². The zero-order valence-electron chi connectivity index (χ0n) is 12.7. The third kappa shape index (κ3) is 4.63. The second kappa shape index (κ2) is 7.17. The summed E-state index contributed by atoms with van der Waals surface area (Å²) >= 11 is 0. The summed E-state index contributed by atoms with van der Waals surface area (Å²) in [5, 5.41) is 7.53. The maximum Gasteiger partial charge on any atom is 0.315 e. The highest BCUT2D eigenvalue weighted by molar-refractivity contribution is 6.43. The van der Waals surface area contributed by atoms with Crippen LogP contribution in [0, 0.1) is 6.92 Å². The average molecular weight is 312 g/mol. The van der Waals surface area contributed by atoms with E-state index in [0.717, 1.165) is 5.56 Å². The molecule has 7 nitrogen and oxygen atoms in total. The summed E-state index contributed by atoms with van der Waals surface area (Å²) in [5.41, 5.74) is 1.80. The van der Waals surface area contributed by atoms with E-state index in [2.05, 4.69) is 20.9 Å². The standard InChI is InChI=1S/C16H16N4O3/c1-10-4-3-9-17-14(10)20-16(23)15(22)19-13-7-5-12(6-8-13)18-11(2)21/h3-9H,1-2H3,(H,18,21)(H,19,22)(H,17,20,23). The van der Waals surface area contributed by atoms with E-state index in [0.29, 0.717) is 17.2 Å². The van der Waals surface area contributed by atoms with Crippen LogP contribution in [0.5, 0.6) is 0 Å². The molecule has 0 aliphatic carbocycles. The smallest absolute Gasteiger partial charge is 0.315 e. The Morgan fingerprint density at radius 3 is 2.00 bits per heavy atom.